The number of hydrogen-bond donors (Lipinski definition) is 1. The number of amidine groups is 1. The molecule has 1 aromatic carbocycles. The molecule has 3 rings (SSSR count). The third kappa shape index (κ3) is 4.53. The van der Waals surface area contributed by atoms with Crippen LogP contribution in [0.15, 0.2) is 64.1 Å². The van der Waals surface area contributed by atoms with Crippen molar-refractivity contribution in [3.63, 3.8) is 0 Å². The Morgan fingerprint density at radius 1 is 1.23 bits per heavy atom. The van der Waals surface area contributed by atoms with E-state index in [1.807, 2.05) is 42.6 Å². The average molecular weight is 363 g/mol. The van der Waals surface area contributed by atoms with Crippen molar-refractivity contribution in [2.75, 3.05) is 0 Å². The van der Waals surface area contributed by atoms with Gasteiger partial charge in [-0.2, -0.15) is 5.26 Å². The molecule has 5 heteroatoms. The fourth-order valence-electron chi connectivity index (χ4n) is 3.11. The minimum absolute atomic E-state index is 0.276. The maximum Gasteiger partial charge on any atom is 0.182 e. The molecule has 0 atom stereocenters. The molecule has 0 unspecified atom stereocenters. The van der Waals surface area contributed by atoms with Gasteiger partial charge >= 0.3 is 0 Å². The van der Waals surface area contributed by atoms with Crippen LogP contribution >= 0.6 is 11.8 Å². The highest BCUT2D eigenvalue weighted by Crippen LogP contribution is 2.32. The van der Waals surface area contributed by atoms with Crippen LogP contribution in [0.4, 0.5) is 0 Å². The second-order valence-electron chi connectivity index (χ2n) is 6.21. The van der Waals surface area contributed by atoms with Crippen LogP contribution in [-0.2, 0) is 0 Å². The van der Waals surface area contributed by atoms with E-state index in [9.17, 15) is 5.26 Å². The molecule has 1 saturated carbocycles. The fraction of sp³-hybridized carbons (Fsp3) is 0.286. The molecular formula is C21H22N4S. The summed E-state index contributed by atoms with van der Waals surface area (Å²) < 4.78 is 0. The Bertz CT molecular complexity index is 832. The summed E-state index contributed by atoms with van der Waals surface area (Å²) in [6.07, 6.45) is 11.5. The molecule has 0 aliphatic heterocycles. The predicted molar refractivity (Wildman–Crippen MR) is 107 cm³/mol. The zero-order valence-corrected chi connectivity index (χ0v) is 15.5. The van der Waals surface area contributed by atoms with E-state index >= 15 is 0 Å². The Labute approximate surface area is 159 Å². The highest BCUT2D eigenvalue weighted by molar-refractivity contribution is 7.99. The number of benzene rings is 1. The first kappa shape index (κ1) is 18.2. The van der Waals surface area contributed by atoms with Gasteiger partial charge in [0, 0.05) is 11.1 Å². The summed E-state index contributed by atoms with van der Waals surface area (Å²) >= 11 is 1.57. The Kier molecular flexibility index (Phi) is 6.45. The Morgan fingerprint density at radius 2 is 2.04 bits per heavy atom. The number of pyridine rings is 1. The largest absolute Gasteiger partial charge is 0.277 e. The first-order valence-electron chi connectivity index (χ1n) is 8.89. The average Bonchev–Trinajstić information content (AvgIpc) is 2.69. The van der Waals surface area contributed by atoms with Crippen molar-refractivity contribution in [1.82, 2.24) is 10.3 Å². The van der Waals surface area contributed by atoms with Crippen molar-refractivity contribution in [3.05, 3.63) is 60.3 Å². The molecule has 0 amide bonds. The van der Waals surface area contributed by atoms with Gasteiger partial charge in [0.15, 0.2) is 6.19 Å². The summed E-state index contributed by atoms with van der Waals surface area (Å²) in [5.41, 5.74) is 1.93. The van der Waals surface area contributed by atoms with E-state index in [2.05, 4.69) is 22.9 Å². The minimum Gasteiger partial charge on any atom is -0.277 e. The highest BCUT2D eigenvalue weighted by atomic mass is 32.2. The Morgan fingerprint density at radius 3 is 2.81 bits per heavy atom. The predicted octanol–water partition coefficient (Wildman–Crippen LogP) is 5.03. The zero-order chi connectivity index (χ0) is 18.2. The van der Waals surface area contributed by atoms with Crippen LogP contribution in [0.3, 0.4) is 0 Å². The van der Waals surface area contributed by atoms with Gasteiger partial charge in [0.25, 0.3) is 0 Å². The van der Waals surface area contributed by atoms with E-state index in [-0.39, 0.29) is 6.04 Å². The van der Waals surface area contributed by atoms with Crippen LogP contribution < -0.4 is 5.32 Å². The molecule has 0 radical (unpaired) electrons. The molecule has 1 aliphatic rings. The fourth-order valence-corrected chi connectivity index (χ4v) is 4.13. The number of nitrogens with one attached hydrogen (secondary N) is 1. The van der Waals surface area contributed by atoms with Gasteiger partial charge in [0.2, 0.25) is 0 Å². The zero-order valence-electron chi connectivity index (χ0n) is 14.7. The molecule has 0 saturated heterocycles. The van der Waals surface area contributed by atoms with Gasteiger partial charge in [-0.1, -0.05) is 61.9 Å². The molecule has 26 heavy (non-hydrogen) atoms. The molecule has 1 heterocycles. The normalized spacial score (nSPS) is 15.3. The lowest BCUT2D eigenvalue weighted by Crippen LogP contribution is -2.24. The van der Waals surface area contributed by atoms with Gasteiger partial charge in [-0.25, -0.2) is 4.98 Å². The maximum atomic E-state index is 9.21. The third-order valence-corrected chi connectivity index (χ3v) is 5.54. The SMILES string of the molecule is C=Cc1ccccc1Sc1ncccc1C(=NC1CCCCC1)NC#N. The van der Waals surface area contributed by atoms with E-state index in [1.165, 1.54) is 19.3 Å². The highest BCUT2D eigenvalue weighted by Gasteiger charge is 2.17. The van der Waals surface area contributed by atoms with Crippen molar-refractivity contribution >= 4 is 23.7 Å². The van der Waals surface area contributed by atoms with Crippen molar-refractivity contribution in [1.29, 1.82) is 5.26 Å². The second-order valence-corrected chi connectivity index (χ2v) is 7.24. The standard InChI is InChI=1S/C21H22N4S/c1-2-16-9-6-7-13-19(16)26-21-18(12-8-14-23-21)20(24-15-22)25-17-10-4-3-5-11-17/h2,6-9,12-14,17H,1,3-5,10-11H2,(H,24,25). The van der Waals surface area contributed by atoms with Gasteiger partial charge in [0.05, 0.1) is 11.6 Å². The molecule has 132 valence electrons. The topological polar surface area (TPSA) is 61.1 Å². The van der Waals surface area contributed by atoms with Gasteiger partial charge < -0.3 is 0 Å². The van der Waals surface area contributed by atoms with Crippen molar-refractivity contribution < 1.29 is 0 Å². The van der Waals surface area contributed by atoms with Gasteiger partial charge in [0.1, 0.15) is 10.9 Å². The lowest BCUT2D eigenvalue weighted by atomic mass is 9.96. The Balaban J connectivity index is 1.94. The molecule has 1 N–H and O–H groups in total. The number of aliphatic imine (C=N–C) groups is 1. The molecule has 2 aromatic rings. The third-order valence-electron chi connectivity index (χ3n) is 4.43. The van der Waals surface area contributed by atoms with E-state index < -0.39 is 0 Å². The number of nitriles is 1. The van der Waals surface area contributed by atoms with Gasteiger partial charge in [-0.3, -0.25) is 10.3 Å². The quantitative estimate of drug-likeness (QED) is 0.351. The van der Waals surface area contributed by atoms with Crippen LogP contribution in [0, 0.1) is 11.5 Å². The van der Waals surface area contributed by atoms with Crippen LogP contribution in [0.5, 0.6) is 0 Å². The van der Waals surface area contributed by atoms with Crippen molar-refractivity contribution in [3.8, 4) is 6.19 Å². The van der Waals surface area contributed by atoms with E-state index in [0.717, 1.165) is 33.9 Å². The van der Waals surface area contributed by atoms with Crippen LogP contribution in [0.25, 0.3) is 6.08 Å². The van der Waals surface area contributed by atoms with E-state index in [4.69, 9.17) is 4.99 Å². The monoisotopic (exact) mass is 362 g/mol. The van der Waals surface area contributed by atoms with Crippen LogP contribution in [0.1, 0.15) is 43.2 Å². The van der Waals surface area contributed by atoms with Crippen LogP contribution in [0.2, 0.25) is 0 Å². The molecule has 1 aromatic heterocycles. The summed E-state index contributed by atoms with van der Waals surface area (Å²) in [6.45, 7) is 3.88. The van der Waals surface area contributed by atoms with Gasteiger partial charge in [-0.05, 0) is 36.6 Å². The molecule has 0 bridgehead atoms. The van der Waals surface area contributed by atoms with Crippen LogP contribution in [-0.4, -0.2) is 16.9 Å². The number of rotatable bonds is 5. The molecular weight excluding hydrogens is 340 g/mol. The lowest BCUT2D eigenvalue weighted by Gasteiger charge is -2.19. The molecule has 1 aliphatic carbocycles. The summed E-state index contributed by atoms with van der Waals surface area (Å²) in [6, 6.07) is 12.2. The first-order chi connectivity index (χ1) is 12.8. The van der Waals surface area contributed by atoms with Crippen molar-refractivity contribution in [2.45, 2.75) is 48.1 Å². The maximum absolute atomic E-state index is 9.21. The summed E-state index contributed by atoms with van der Waals surface area (Å²) in [4.78, 5) is 10.5. The smallest absolute Gasteiger partial charge is 0.182 e. The van der Waals surface area contributed by atoms with Crippen molar-refractivity contribution in [2.24, 2.45) is 4.99 Å². The second kappa shape index (κ2) is 9.21. The van der Waals surface area contributed by atoms with E-state index in [0.29, 0.717) is 5.84 Å². The molecule has 1 fully saturated rings. The summed E-state index contributed by atoms with van der Waals surface area (Å²) in [5.74, 6) is 0.617. The summed E-state index contributed by atoms with van der Waals surface area (Å²) in [5, 5.41) is 12.8. The number of aromatic nitrogens is 1. The minimum atomic E-state index is 0.276. The van der Waals surface area contributed by atoms with Gasteiger partial charge in [-0.15, -0.1) is 0 Å². The molecule has 4 nitrogen and oxygen atoms in total. The Hall–Kier alpha value is -2.58. The summed E-state index contributed by atoms with van der Waals surface area (Å²) in [7, 11) is 0. The molecule has 0 spiro atoms. The van der Waals surface area contributed by atoms with E-state index in [1.54, 1.807) is 18.0 Å². The number of nitrogens with zero attached hydrogens (tertiary/aromatic N) is 3. The lowest BCUT2D eigenvalue weighted by molar-refractivity contribution is 0.443. The first-order valence-corrected chi connectivity index (χ1v) is 9.71. The number of hydrogen-bond acceptors (Lipinski definition) is 4.